The number of alkyl halides is 1. The average Bonchev–Trinajstić information content (AvgIpc) is 3.48. The van der Waals surface area contributed by atoms with Crippen LogP contribution in [-0.2, 0) is 21.2 Å². The molecular weight excluding hydrogens is 502 g/mol. The maximum Gasteiger partial charge on any atom is 0.410 e. The van der Waals surface area contributed by atoms with Gasteiger partial charge < -0.3 is 29.7 Å². The monoisotopic (exact) mass is 529 g/mol. The fourth-order valence-corrected chi connectivity index (χ4v) is 4.70. The number of carbonyl (C=O) groups excluding carboxylic acids is 2. The summed E-state index contributed by atoms with van der Waals surface area (Å²) >= 11 is 6.69. The second kappa shape index (κ2) is 10.6. The molecule has 12 nitrogen and oxygen atoms in total. The maximum atomic E-state index is 13.3. The number of ether oxygens (including phenoxy) is 3. The van der Waals surface area contributed by atoms with E-state index in [2.05, 4.69) is 20.6 Å². The zero-order valence-corrected chi connectivity index (χ0v) is 21.1. The van der Waals surface area contributed by atoms with Gasteiger partial charge >= 0.3 is 6.09 Å². The number of aromatic nitrogens is 2. The van der Waals surface area contributed by atoms with Crippen LogP contribution in [0.25, 0.3) is 0 Å². The lowest BCUT2D eigenvalue weighted by Crippen LogP contribution is -2.62. The van der Waals surface area contributed by atoms with Crippen molar-refractivity contribution in [1.29, 1.82) is 0 Å². The van der Waals surface area contributed by atoms with E-state index in [0.717, 1.165) is 11.3 Å². The Morgan fingerprint density at radius 1 is 1.27 bits per heavy atom. The molecule has 0 aliphatic carbocycles. The van der Waals surface area contributed by atoms with Crippen LogP contribution in [0.3, 0.4) is 0 Å². The quantitative estimate of drug-likeness (QED) is 0.421. The average molecular weight is 530 g/mol. The van der Waals surface area contributed by atoms with Crippen LogP contribution in [0.15, 0.2) is 53.8 Å². The molecule has 5 rings (SSSR count). The van der Waals surface area contributed by atoms with Gasteiger partial charge in [-0.1, -0.05) is 6.07 Å². The zero-order chi connectivity index (χ0) is 25.8. The van der Waals surface area contributed by atoms with Gasteiger partial charge in [0.2, 0.25) is 5.91 Å². The van der Waals surface area contributed by atoms with Crippen LogP contribution in [0.5, 0.6) is 11.5 Å². The van der Waals surface area contributed by atoms with Gasteiger partial charge in [0.25, 0.3) is 5.25 Å². The summed E-state index contributed by atoms with van der Waals surface area (Å²) in [5.74, 6) is 1.83. The number of hydrogen-bond acceptors (Lipinski definition) is 9. The van der Waals surface area contributed by atoms with E-state index in [1.807, 2.05) is 23.1 Å². The van der Waals surface area contributed by atoms with Crippen LogP contribution in [0.2, 0.25) is 0 Å². The number of allylic oxidation sites excluding steroid dienone is 1. The van der Waals surface area contributed by atoms with Crippen molar-refractivity contribution in [2.45, 2.75) is 17.7 Å². The number of amides is 2. The van der Waals surface area contributed by atoms with E-state index in [4.69, 9.17) is 25.8 Å². The highest BCUT2D eigenvalue weighted by molar-refractivity contribution is 6.22. The molecule has 2 amide bonds. The van der Waals surface area contributed by atoms with Crippen LogP contribution >= 0.6 is 11.6 Å². The molecule has 196 valence electrons. The molecule has 2 unspecified atom stereocenters. The van der Waals surface area contributed by atoms with Crippen molar-refractivity contribution in [3.63, 3.8) is 0 Å². The van der Waals surface area contributed by atoms with E-state index in [0.29, 0.717) is 50.8 Å². The Kier molecular flexibility index (Phi) is 7.08. The standard InChI is InChI=1S/C24H28ClN7O5/c1-35-23(34)32-11-10-30(21-5-7-28-24(25,29-21)31-9-8-26-16-31)15-18(32)22(33)27-6-4-17-2-3-19-20(14-17)37-13-12-36-19/h2-3,5,7-9,14,16,18,29H,4,6,10-13,15H2,1H3,(H,27,33). The maximum absolute atomic E-state index is 13.3. The molecule has 1 saturated heterocycles. The molecular formula is C24H28ClN7O5. The molecule has 4 heterocycles. The van der Waals surface area contributed by atoms with Gasteiger partial charge in [-0.15, -0.1) is 0 Å². The number of aliphatic imine (C=N–C) groups is 1. The Morgan fingerprint density at radius 3 is 2.89 bits per heavy atom. The highest BCUT2D eigenvalue weighted by atomic mass is 35.5. The fraction of sp³-hybridized carbons (Fsp3) is 0.417. The molecule has 1 aromatic carbocycles. The Balaban J connectivity index is 1.24. The van der Waals surface area contributed by atoms with Gasteiger partial charge in [0.1, 0.15) is 25.1 Å². The Bertz CT molecular complexity index is 1200. The summed E-state index contributed by atoms with van der Waals surface area (Å²) in [5.41, 5.74) is 1.01. The van der Waals surface area contributed by atoms with Crippen LogP contribution in [0.4, 0.5) is 4.79 Å². The highest BCUT2D eigenvalue weighted by Gasteiger charge is 2.39. The van der Waals surface area contributed by atoms with Gasteiger partial charge in [-0.25, -0.2) is 14.8 Å². The molecule has 0 radical (unpaired) electrons. The lowest BCUT2D eigenvalue weighted by Gasteiger charge is -2.43. The van der Waals surface area contributed by atoms with Crippen molar-refractivity contribution in [3.8, 4) is 11.5 Å². The summed E-state index contributed by atoms with van der Waals surface area (Å²) in [5, 5.41) is 4.88. The van der Waals surface area contributed by atoms with Crippen molar-refractivity contribution in [1.82, 2.24) is 30.0 Å². The second-order valence-electron chi connectivity index (χ2n) is 8.66. The van der Waals surface area contributed by atoms with Crippen LogP contribution < -0.4 is 20.1 Å². The molecule has 13 heteroatoms. The number of imidazole rings is 1. The van der Waals surface area contributed by atoms with Crippen LogP contribution in [0.1, 0.15) is 5.56 Å². The molecule has 2 atom stereocenters. The number of halogens is 1. The summed E-state index contributed by atoms with van der Waals surface area (Å²) in [6.07, 6.45) is 8.31. The van der Waals surface area contributed by atoms with Crippen LogP contribution in [0, 0.1) is 0 Å². The lowest BCUT2D eigenvalue weighted by molar-refractivity contribution is -0.127. The topological polar surface area (TPSA) is 123 Å². The number of methoxy groups -OCH3 is 1. The van der Waals surface area contributed by atoms with E-state index in [1.54, 1.807) is 35.6 Å². The number of rotatable bonds is 6. The Labute approximate surface area is 218 Å². The molecule has 1 aromatic heterocycles. The third-order valence-electron chi connectivity index (χ3n) is 6.36. The summed E-state index contributed by atoms with van der Waals surface area (Å²) in [7, 11) is 1.31. The minimum absolute atomic E-state index is 0.245. The summed E-state index contributed by atoms with van der Waals surface area (Å²) in [6.45, 7) is 2.45. The number of fused-ring (bicyclic) bond motifs is 1. The fourth-order valence-electron chi connectivity index (χ4n) is 4.45. The number of hydrogen-bond donors (Lipinski definition) is 2. The van der Waals surface area contributed by atoms with Gasteiger partial charge in [-0.2, -0.15) is 0 Å². The number of carbonyl (C=O) groups is 2. The molecule has 1 fully saturated rings. The SMILES string of the molecule is COC(=O)N1CCN(C2=CC=NC(Cl)(n3ccnc3)N2)CC1C(=O)NCCc1ccc2c(c1)OCCO2. The molecule has 3 aliphatic rings. The van der Waals surface area contributed by atoms with Crippen LogP contribution in [-0.4, -0.2) is 90.1 Å². The number of benzene rings is 1. The third kappa shape index (κ3) is 5.29. The summed E-state index contributed by atoms with van der Waals surface area (Å²) in [4.78, 5) is 37.5. The zero-order valence-electron chi connectivity index (χ0n) is 20.3. The molecule has 2 N–H and O–H groups in total. The first-order valence-electron chi connectivity index (χ1n) is 11.9. The van der Waals surface area contributed by atoms with E-state index < -0.39 is 17.4 Å². The van der Waals surface area contributed by atoms with Crippen molar-refractivity contribution >= 4 is 29.8 Å². The number of nitrogens with zero attached hydrogens (tertiary/aromatic N) is 5. The first-order valence-corrected chi connectivity index (χ1v) is 12.3. The van der Waals surface area contributed by atoms with Crippen molar-refractivity contribution in [2.24, 2.45) is 4.99 Å². The first-order chi connectivity index (χ1) is 18.0. The van der Waals surface area contributed by atoms with Crippen molar-refractivity contribution < 1.29 is 23.8 Å². The van der Waals surface area contributed by atoms with Gasteiger partial charge in [-0.3, -0.25) is 14.3 Å². The lowest BCUT2D eigenvalue weighted by atomic mass is 10.1. The molecule has 3 aliphatic heterocycles. The van der Waals surface area contributed by atoms with Gasteiger partial charge in [0.05, 0.1) is 13.4 Å². The molecule has 0 bridgehead atoms. The molecule has 0 saturated carbocycles. The van der Waals surface area contributed by atoms with Gasteiger partial charge in [0, 0.05) is 44.8 Å². The summed E-state index contributed by atoms with van der Waals surface area (Å²) in [6, 6.07) is 4.98. The van der Waals surface area contributed by atoms with E-state index >= 15 is 0 Å². The normalized spacial score (nSPS) is 22.6. The van der Waals surface area contributed by atoms with E-state index in [-0.39, 0.29) is 12.5 Å². The molecule has 2 aromatic rings. The second-order valence-corrected chi connectivity index (χ2v) is 9.18. The summed E-state index contributed by atoms with van der Waals surface area (Å²) < 4.78 is 17.8. The predicted molar refractivity (Wildman–Crippen MR) is 134 cm³/mol. The minimum atomic E-state index is -1.28. The highest BCUT2D eigenvalue weighted by Crippen LogP contribution is 2.31. The Hall–Kier alpha value is -3.93. The van der Waals surface area contributed by atoms with E-state index in [1.165, 1.54) is 12.0 Å². The minimum Gasteiger partial charge on any atom is -0.486 e. The smallest absolute Gasteiger partial charge is 0.410 e. The number of piperazine rings is 1. The largest absolute Gasteiger partial charge is 0.486 e. The third-order valence-corrected chi connectivity index (χ3v) is 6.75. The van der Waals surface area contributed by atoms with Gasteiger partial charge in [0.15, 0.2) is 11.5 Å². The van der Waals surface area contributed by atoms with Crippen molar-refractivity contribution in [3.05, 3.63) is 54.4 Å². The molecule has 0 spiro atoms. The van der Waals surface area contributed by atoms with Gasteiger partial charge in [-0.05, 0) is 41.8 Å². The van der Waals surface area contributed by atoms with Crippen molar-refractivity contribution in [2.75, 3.05) is 46.5 Å². The first kappa shape index (κ1) is 24.8. The predicted octanol–water partition coefficient (Wildman–Crippen LogP) is 1.09. The Morgan fingerprint density at radius 2 is 2.11 bits per heavy atom. The molecule has 37 heavy (non-hydrogen) atoms. The number of nitrogens with one attached hydrogen (secondary N) is 2. The van der Waals surface area contributed by atoms with E-state index in [9.17, 15) is 9.59 Å².